The lowest BCUT2D eigenvalue weighted by molar-refractivity contribution is 0.178. The number of nitrogens with zero attached hydrogens (tertiary/aromatic N) is 1. The van der Waals surface area contributed by atoms with Crippen LogP contribution >= 0.6 is 34.5 Å². The Hall–Kier alpha value is -0.610. The summed E-state index contributed by atoms with van der Waals surface area (Å²) in [6, 6.07) is 5.08. The maximum atomic E-state index is 10.1. The lowest BCUT2D eigenvalue weighted by atomic mass is 10.1. The van der Waals surface area contributed by atoms with Crippen LogP contribution in [0.15, 0.2) is 23.6 Å². The molecule has 2 aromatic rings. The average molecular weight is 288 g/mol. The van der Waals surface area contributed by atoms with Gasteiger partial charge in [0.2, 0.25) is 0 Å². The molecular weight excluding hydrogens is 277 g/mol. The van der Waals surface area contributed by atoms with Crippen molar-refractivity contribution in [3.05, 3.63) is 49.9 Å². The fourth-order valence-electron chi connectivity index (χ4n) is 1.54. The highest BCUT2D eigenvalue weighted by Gasteiger charge is 2.14. The van der Waals surface area contributed by atoms with Gasteiger partial charge in [-0.2, -0.15) is 0 Å². The zero-order valence-electron chi connectivity index (χ0n) is 9.15. The zero-order chi connectivity index (χ0) is 12.4. The minimum Gasteiger partial charge on any atom is -0.388 e. The van der Waals surface area contributed by atoms with Crippen molar-refractivity contribution in [1.82, 2.24) is 4.98 Å². The van der Waals surface area contributed by atoms with E-state index >= 15 is 0 Å². The number of benzene rings is 1. The van der Waals surface area contributed by atoms with Crippen LogP contribution in [0.5, 0.6) is 0 Å². The molecule has 2 nitrogen and oxygen atoms in total. The molecule has 17 heavy (non-hydrogen) atoms. The molecule has 0 amide bonds. The van der Waals surface area contributed by atoms with Gasteiger partial charge in [0.15, 0.2) is 0 Å². The number of thiazole rings is 1. The Bertz CT molecular complexity index is 527. The molecule has 0 aliphatic rings. The number of aromatic nitrogens is 1. The molecule has 0 spiro atoms. The Kier molecular flexibility index (Phi) is 4.05. The Morgan fingerprint density at radius 3 is 2.82 bits per heavy atom. The smallest absolute Gasteiger partial charge is 0.0957 e. The lowest BCUT2D eigenvalue weighted by Gasteiger charge is -2.11. The molecular formula is C12H11Cl2NOS. The van der Waals surface area contributed by atoms with E-state index in [0.29, 0.717) is 22.0 Å². The van der Waals surface area contributed by atoms with E-state index in [0.717, 1.165) is 10.7 Å². The fourth-order valence-corrected chi connectivity index (χ4v) is 2.78. The number of halogens is 2. The predicted octanol–water partition coefficient (Wildman–Crippen LogP) is 4.03. The number of aryl methyl sites for hydroxylation is 1. The summed E-state index contributed by atoms with van der Waals surface area (Å²) in [6.45, 7) is 1.93. The van der Waals surface area contributed by atoms with E-state index in [1.165, 1.54) is 11.3 Å². The molecule has 0 radical (unpaired) electrons. The van der Waals surface area contributed by atoms with Crippen LogP contribution in [-0.2, 0) is 6.42 Å². The third-order valence-corrected chi connectivity index (χ3v) is 3.92. The normalized spacial score (nSPS) is 12.7. The maximum absolute atomic E-state index is 10.1. The molecule has 0 bridgehead atoms. The van der Waals surface area contributed by atoms with Gasteiger partial charge in [0.05, 0.1) is 11.1 Å². The standard InChI is InChI=1S/C12H11Cl2NOS/c1-7-6-17-12(15-7)5-11(16)9-4-8(13)2-3-10(9)14/h2-4,6,11,16H,5H2,1H3. The molecule has 1 unspecified atom stereocenters. The summed E-state index contributed by atoms with van der Waals surface area (Å²) in [7, 11) is 0. The van der Waals surface area contributed by atoms with Gasteiger partial charge in [0, 0.05) is 33.1 Å². The van der Waals surface area contributed by atoms with Crippen LogP contribution in [0.1, 0.15) is 22.4 Å². The summed E-state index contributed by atoms with van der Waals surface area (Å²) >= 11 is 13.4. The van der Waals surface area contributed by atoms with E-state index in [9.17, 15) is 5.11 Å². The van der Waals surface area contributed by atoms with E-state index in [4.69, 9.17) is 23.2 Å². The first-order valence-corrected chi connectivity index (χ1v) is 6.74. The zero-order valence-corrected chi connectivity index (χ0v) is 11.5. The molecule has 1 atom stereocenters. The molecule has 1 aromatic heterocycles. The molecule has 2 rings (SSSR count). The molecule has 0 saturated heterocycles. The van der Waals surface area contributed by atoms with Crippen molar-refractivity contribution in [3.63, 3.8) is 0 Å². The molecule has 90 valence electrons. The van der Waals surface area contributed by atoms with Gasteiger partial charge in [-0.15, -0.1) is 11.3 Å². The predicted molar refractivity (Wildman–Crippen MR) is 72.0 cm³/mol. The van der Waals surface area contributed by atoms with Crippen LogP contribution in [0.2, 0.25) is 10.0 Å². The van der Waals surface area contributed by atoms with E-state index in [1.807, 2.05) is 12.3 Å². The van der Waals surface area contributed by atoms with Gasteiger partial charge in [0.25, 0.3) is 0 Å². The van der Waals surface area contributed by atoms with Crippen molar-refractivity contribution in [2.24, 2.45) is 0 Å². The molecule has 0 saturated carbocycles. The monoisotopic (exact) mass is 287 g/mol. The molecule has 0 fully saturated rings. The quantitative estimate of drug-likeness (QED) is 0.924. The summed E-state index contributed by atoms with van der Waals surface area (Å²) < 4.78 is 0. The van der Waals surface area contributed by atoms with Gasteiger partial charge in [-0.05, 0) is 25.1 Å². The number of hydrogen-bond donors (Lipinski definition) is 1. The van der Waals surface area contributed by atoms with Crippen molar-refractivity contribution in [2.45, 2.75) is 19.4 Å². The highest BCUT2D eigenvalue weighted by Crippen LogP contribution is 2.29. The summed E-state index contributed by atoms with van der Waals surface area (Å²) in [4.78, 5) is 4.31. The van der Waals surface area contributed by atoms with Crippen LogP contribution in [0.25, 0.3) is 0 Å². The third kappa shape index (κ3) is 3.19. The minimum absolute atomic E-state index is 0.457. The number of hydrogen-bond acceptors (Lipinski definition) is 3. The Morgan fingerprint density at radius 1 is 1.41 bits per heavy atom. The Morgan fingerprint density at radius 2 is 2.18 bits per heavy atom. The molecule has 5 heteroatoms. The van der Waals surface area contributed by atoms with Crippen molar-refractivity contribution in [1.29, 1.82) is 0 Å². The van der Waals surface area contributed by atoms with Crippen LogP contribution < -0.4 is 0 Å². The van der Waals surface area contributed by atoms with Crippen LogP contribution in [0, 0.1) is 6.92 Å². The van der Waals surface area contributed by atoms with E-state index in [-0.39, 0.29) is 0 Å². The van der Waals surface area contributed by atoms with Crippen LogP contribution in [0.3, 0.4) is 0 Å². The topological polar surface area (TPSA) is 33.1 Å². The summed E-state index contributed by atoms with van der Waals surface area (Å²) in [5.41, 5.74) is 1.61. The van der Waals surface area contributed by atoms with Crippen molar-refractivity contribution in [2.75, 3.05) is 0 Å². The van der Waals surface area contributed by atoms with Crippen molar-refractivity contribution < 1.29 is 5.11 Å². The first kappa shape index (κ1) is 12.8. The van der Waals surface area contributed by atoms with Crippen LogP contribution in [0.4, 0.5) is 0 Å². The summed E-state index contributed by atoms with van der Waals surface area (Å²) in [6.07, 6.45) is -0.217. The van der Waals surface area contributed by atoms with Gasteiger partial charge in [-0.1, -0.05) is 23.2 Å². The van der Waals surface area contributed by atoms with Gasteiger partial charge in [-0.25, -0.2) is 4.98 Å². The number of aliphatic hydroxyl groups excluding tert-OH is 1. The largest absolute Gasteiger partial charge is 0.388 e. The highest BCUT2D eigenvalue weighted by atomic mass is 35.5. The SMILES string of the molecule is Cc1csc(CC(O)c2cc(Cl)ccc2Cl)n1. The van der Waals surface area contributed by atoms with Crippen molar-refractivity contribution >= 4 is 34.5 Å². The Labute approximate surface area is 114 Å². The first-order valence-electron chi connectivity index (χ1n) is 5.10. The number of aliphatic hydroxyl groups is 1. The molecule has 1 aromatic carbocycles. The maximum Gasteiger partial charge on any atom is 0.0957 e. The van der Waals surface area contributed by atoms with E-state index in [2.05, 4.69) is 4.98 Å². The molecule has 1 heterocycles. The first-order chi connectivity index (χ1) is 8.06. The van der Waals surface area contributed by atoms with E-state index in [1.54, 1.807) is 18.2 Å². The fraction of sp³-hybridized carbons (Fsp3) is 0.250. The van der Waals surface area contributed by atoms with Gasteiger partial charge in [-0.3, -0.25) is 0 Å². The van der Waals surface area contributed by atoms with E-state index < -0.39 is 6.10 Å². The third-order valence-electron chi connectivity index (χ3n) is 2.35. The van der Waals surface area contributed by atoms with Gasteiger partial charge in [0.1, 0.15) is 0 Å². The second kappa shape index (κ2) is 5.36. The number of rotatable bonds is 3. The van der Waals surface area contributed by atoms with Crippen LogP contribution in [-0.4, -0.2) is 10.1 Å². The summed E-state index contributed by atoms with van der Waals surface area (Å²) in [5.74, 6) is 0. The molecule has 0 aliphatic heterocycles. The van der Waals surface area contributed by atoms with Gasteiger partial charge < -0.3 is 5.11 Å². The second-order valence-corrected chi connectivity index (χ2v) is 5.55. The lowest BCUT2D eigenvalue weighted by Crippen LogP contribution is -2.02. The second-order valence-electron chi connectivity index (χ2n) is 3.77. The minimum atomic E-state index is -0.674. The Balaban J connectivity index is 2.19. The summed E-state index contributed by atoms with van der Waals surface area (Å²) in [5, 5.41) is 14.1. The highest BCUT2D eigenvalue weighted by molar-refractivity contribution is 7.09. The van der Waals surface area contributed by atoms with Gasteiger partial charge >= 0.3 is 0 Å². The van der Waals surface area contributed by atoms with Crippen molar-refractivity contribution in [3.8, 4) is 0 Å². The molecule has 1 N–H and O–H groups in total. The average Bonchev–Trinajstić information content (AvgIpc) is 2.67. The molecule has 0 aliphatic carbocycles.